The Balaban J connectivity index is 1.60. The maximum absolute atomic E-state index is 13.9. The van der Waals surface area contributed by atoms with Crippen LogP contribution in [-0.4, -0.2) is 64.7 Å². The van der Waals surface area contributed by atoms with Gasteiger partial charge in [0.1, 0.15) is 0 Å². The van der Waals surface area contributed by atoms with Gasteiger partial charge in [0.15, 0.2) is 0 Å². The third-order valence-electron chi connectivity index (χ3n) is 7.17. The molecule has 1 aromatic carbocycles. The van der Waals surface area contributed by atoms with E-state index in [1.54, 1.807) is 0 Å². The minimum atomic E-state index is -0.586. The maximum atomic E-state index is 13.9. The zero-order chi connectivity index (χ0) is 24.6. The minimum Gasteiger partial charge on any atom is -0.346 e. The highest BCUT2D eigenvalue weighted by Gasteiger charge is 2.35. The smallest absolute Gasteiger partial charge is 0.312 e. The average molecular weight is 465 g/mol. The molecule has 7 nitrogen and oxygen atoms in total. The summed E-state index contributed by atoms with van der Waals surface area (Å²) in [5.74, 6) is -0.621. The number of pyridine rings is 1. The van der Waals surface area contributed by atoms with Crippen LogP contribution in [0.3, 0.4) is 0 Å². The van der Waals surface area contributed by atoms with Crippen LogP contribution in [0.4, 0.5) is 0 Å². The molecule has 182 valence electrons. The van der Waals surface area contributed by atoms with Crippen LogP contribution >= 0.6 is 0 Å². The van der Waals surface area contributed by atoms with Crippen molar-refractivity contribution in [1.82, 2.24) is 20.1 Å². The van der Waals surface area contributed by atoms with Crippen LogP contribution in [0, 0.1) is 11.3 Å². The highest BCUT2D eigenvalue weighted by atomic mass is 16.2. The number of aromatic nitrogens is 1. The lowest BCUT2D eigenvalue weighted by Gasteiger charge is -2.37. The van der Waals surface area contributed by atoms with Crippen LogP contribution in [0.2, 0.25) is 0 Å². The van der Waals surface area contributed by atoms with E-state index in [1.165, 1.54) is 4.90 Å². The third-order valence-corrected chi connectivity index (χ3v) is 7.17. The number of carbonyl (C=O) groups is 3. The molecule has 0 spiro atoms. The fourth-order valence-corrected chi connectivity index (χ4v) is 5.11. The second-order valence-corrected chi connectivity index (χ2v) is 10.9. The fourth-order valence-electron chi connectivity index (χ4n) is 5.11. The molecule has 7 heteroatoms. The molecule has 0 radical (unpaired) electrons. The summed E-state index contributed by atoms with van der Waals surface area (Å²) in [7, 11) is 0. The van der Waals surface area contributed by atoms with Crippen molar-refractivity contribution in [3.63, 3.8) is 0 Å². The molecule has 3 amide bonds. The molecular formula is C27H36N4O3. The predicted octanol–water partition coefficient (Wildman–Crippen LogP) is 3.19. The number of benzene rings is 1. The first kappa shape index (κ1) is 24.2. The normalized spacial score (nSPS) is 18.7. The molecule has 0 saturated carbocycles. The van der Waals surface area contributed by atoms with Crippen molar-refractivity contribution < 1.29 is 14.4 Å². The van der Waals surface area contributed by atoms with Gasteiger partial charge in [-0.2, -0.15) is 0 Å². The molecule has 2 heterocycles. The summed E-state index contributed by atoms with van der Waals surface area (Å²) >= 11 is 0. The van der Waals surface area contributed by atoms with Gasteiger partial charge >= 0.3 is 11.8 Å². The summed E-state index contributed by atoms with van der Waals surface area (Å²) < 4.78 is 0. The molecule has 2 aliphatic rings. The highest BCUT2D eigenvalue weighted by molar-refractivity contribution is 6.35. The summed E-state index contributed by atoms with van der Waals surface area (Å²) in [6, 6.07) is 7.80. The van der Waals surface area contributed by atoms with E-state index >= 15 is 0 Å². The lowest BCUT2D eigenvalue weighted by Crippen LogP contribution is -2.54. The van der Waals surface area contributed by atoms with Gasteiger partial charge < -0.3 is 15.1 Å². The number of amides is 3. The predicted molar refractivity (Wildman–Crippen MR) is 132 cm³/mol. The summed E-state index contributed by atoms with van der Waals surface area (Å²) in [4.78, 5) is 46.8. The van der Waals surface area contributed by atoms with Gasteiger partial charge in [-0.1, -0.05) is 39.0 Å². The summed E-state index contributed by atoms with van der Waals surface area (Å²) in [5, 5.41) is 3.55. The van der Waals surface area contributed by atoms with E-state index in [4.69, 9.17) is 4.98 Å². The Bertz CT molecular complexity index is 1110. The Hall–Kier alpha value is -2.96. The molecule has 2 aromatic rings. The zero-order valence-electron chi connectivity index (χ0n) is 21.0. The molecule has 1 unspecified atom stereocenters. The Morgan fingerprint density at radius 3 is 2.32 bits per heavy atom. The lowest BCUT2D eigenvalue weighted by atomic mass is 9.70. The van der Waals surface area contributed by atoms with Crippen molar-refractivity contribution in [2.75, 3.05) is 26.2 Å². The molecule has 34 heavy (non-hydrogen) atoms. The van der Waals surface area contributed by atoms with E-state index in [-0.39, 0.29) is 17.4 Å². The summed E-state index contributed by atoms with van der Waals surface area (Å²) in [6.07, 6.45) is 2.82. The van der Waals surface area contributed by atoms with E-state index in [1.807, 2.05) is 43.0 Å². The summed E-state index contributed by atoms with van der Waals surface area (Å²) in [6.45, 7) is 12.0. The number of carbonyl (C=O) groups excluding carboxylic acids is 3. The van der Waals surface area contributed by atoms with Crippen molar-refractivity contribution in [3.8, 4) is 0 Å². The Morgan fingerprint density at radius 1 is 1.03 bits per heavy atom. The number of hydrogen-bond donors (Lipinski definition) is 1. The van der Waals surface area contributed by atoms with Crippen molar-refractivity contribution >= 4 is 28.6 Å². The molecule has 1 fully saturated rings. The van der Waals surface area contributed by atoms with Gasteiger partial charge in [-0.15, -0.1) is 0 Å². The van der Waals surface area contributed by atoms with E-state index in [0.717, 1.165) is 47.0 Å². The van der Waals surface area contributed by atoms with Crippen LogP contribution in [0.15, 0.2) is 24.3 Å². The van der Waals surface area contributed by atoms with Gasteiger partial charge in [-0.25, -0.2) is 0 Å². The Morgan fingerprint density at radius 2 is 1.68 bits per heavy atom. The lowest BCUT2D eigenvalue weighted by molar-refractivity contribution is -0.147. The highest BCUT2D eigenvalue weighted by Crippen LogP contribution is 2.39. The largest absolute Gasteiger partial charge is 0.346 e. The van der Waals surface area contributed by atoms with Crippen LogP contribution in [0.25, 0.3) is 10.9 Å². The van der Waals surface area contributed by atoms with E-state index in [2.05, 4.69) is 26.1 Å². The number of piperazine rings is 1. The Kier molecular flexibility index (Phi) is 6.65. The van der Waals surface area contributed by atoms with Crippen molar-refractivity contribution in [3.05, 3.63) is 41.1 Å². The first-order chi connectivity index (χ1) is 16.1. The molecule has 1 aliphatic heterocycles. The molecule has 1 aromatic heterocycles. The van der Waals surface area contributed by atoms with Crippen molar-refractivity contribution in [2.45, 2.75) is 59.9 Å². The van der Waals surface area contributed by atoms with E-state index in [0.29, 0.717) is 32.1 Å². The molecule has 1 atom stereocenters. The van der Waals surface area contributed by atoms with Gasteiger partial charge in [0, 0.05) is 43.3 Å². The number of nitrogens with zero attached hydrogens (tertiary/aromatic N) is 3. The average Bonchev–Trinajstić information content (AvgIpc) is 2.80. The molecule has 1 aliphatic carbocycles. The van der Waals surface area contributed by atoms with Gasteiger partial charge in [0.25, 0.3) is 5.91 Å². The van der Waals surface area contributed by atoms with Gasteiger partial charge in [-0.05, 0) is 56.1 Å². The van der Waals surface area contributed by atoms with Gasteiger partial charge in [-0.3, -0.25) is 19.4 Å². The van der Waals surface area contributed by atoms with Crippen LogP contribution in [-0.2, 0) is 22.4 Å². The van der Waals surface area contributed by atoms with Crippen LogP contribution < -0.4 is 5.32 Å². The third kappa shape index (κ3) is 4.79. The number of para-hydroxylation sites is 1. The first-order valence-electron chi connectivity index (χ1n) is 12.4. The second-order valence-electron chi connectivity index (χ2n) is 10.9. The van der Waals surface area contributed by atoms with Crippen molar-refractivity contribution in [1.29, 1.82) is 0 Å². The zero-order valence-corrected chi connectivity index (χ0v) is 21.0. The fraction of sp³-hybridized carbons (Fsp3) is 0.556. The number of aryl methyl sites for hydroxylation is 1. The Labute approximate surface area is 201 Å². The number of rotatable bonds is 2. The van der Waals surface area contributed by atoms with Gasteiger partial charge in [0.05, 0.1) is 11.1 Å². The number of fused-ring (bicyclic) bond motifs is 2. The van der Waals surface area contributed by atoms with Gasteiger partial charge in [0.2, 0.25) is 0 Å². The van der Waals surface area contributed by atoms with E-state index in [9.17, 15) is 14.4 Å². The monoisotopic (exact) mass is 464 g/mol. The standard InChI is InChI=1S/C27H36N4O3/c1-17(2)28-24(32)26(34)31-14-12-30(13-15-31)25(33)23-19-8-6-7-9-21(19)29-22-11-10-18(16-20(22)23)27(3,4)5/h6-9,17-18H,10-16H2,1-5H3,(H,28,32). The SMILES string of the molecule is CC(C)NC(=O)C(=O)N1CCN(C(=O)c2c3c(nc4ccccc24)CCC(C(C)(C)C)C3)CC1. The van der Waals surface area contributed by atoms with E-state index < -0.39 is 11.8 Å². The molecule has 4 rings (SSSR count). The van der Waals surface area contributed by atoms with Crippen LogP contribution in [0.1, 0.15) is 62.7 Å². The molecule has 0 bridgehead atoms. The number of nitrogens with one attached hydrogen (secondary N) is 1. The number of hydrogen-bond acceptors (Lipinski definition) is 4. The molecule has 1 N–H and O–H groups in total. The van der Waals surface area contributed by atoms with Crippen molar-refractivity contribution in [2.24, 2.45) is 11.3 Å². The molecular weight excluding hydrogens is 428 g/mol. The quantitative estimate of drug-likeness (QED) is 0.692. The minimum absolute atomic E-state index is 0.00291. The topological polar surface area (TPSA) is 82.6 Å². The summed E-state index contributed by atoms with van der Waals surface area (Å²) in [5.41, 5.74) is 3.92. The molecule has 1 saturated heterocycles. The first-order valence-corrected chi connectivity index (χ1v) is 12.4. The maximum Gasteiger partial charge on any atom is 0.312 e. The second kappa shape index (κ2) is 9.35. The van der Waals surface area contributed by atoms with Crippen LogP contribution in [0.5, 0.6) is 0 Å².